The number of aromatic nitrogens is 4. The van der Waals surface area contributed by atoms with E-state index in [0.29, 0.717) is 6.54 Å². The topological polar surface area (TPSA) is 102 Å². The van der Waals surface area contributed by atoms with Crippen molar-refractivity contribution in [3.63, 3.8) is 0 Å². The summed E-state index contributed by atoms with van der Waals surface area (Å²) in [7, 11) is 0. The molecule has 3 aromatic rings. The fourth-order valence-electron chi connectivity index (χ4n) is 1.91. The maximum Gasteiger partial charge on any atom is 0.323 e. The van der Waals surface area contributed by atoms with Gasteiger partial charge in [-0.15, -0.1) is 11.3 Å². The molecular weight excluding hydrogens is 294 g/mol. The fourth-order valence-corrected chi connectivity index (χ4v) is 2.76. The Kier molecular flexibility index (Phi) is 3.40. The number of carboxylic acids is 1. The molecule has 2 N–H and O–H groups in total. The van der Waals surface area contributed by atoms with Crippen LogP contribution in [0.4, 0.5) is 5.82 Å². The average Bonchev–Trinajstić information content (AvgIpc) is 3.03. The first-order valence-electron chi connectivity index (χ1n) is 6.05. The molecule has 3 aromatic heterocycles. The summed E-state index contributed by atoms with van der Waals surface area (Å²) in [5, 5.41) is 13.6. The van der Waals surface area contributed by atoms with Crippen LogP contribution in [0.25, 0.3) is 4.96 Å². The molecule has 0 saturated carbocycles. The van der Waals surface area contributed by atoms with Crippen LogP contribution in [0.3, 0.4) is 0 Å². The molecule has 0 radical (unpaired) electrons. The monoisotopic (exact) mass is 305 g/mol. The minimum atomic E-state index is -1.08. The number of nitrogens with one attached hydrogen (secondary N) is 1. The van der Waals surface area contributed by atoms with E-state index in [1.807, 2.05) is 16.0 Å². The number of rotatable bonds is 5. The lowest BCUT2D eigenvalue weighted by Gasteiger charge is -2.07. The Labute approximate surface area is 122 Å². The maximum atomic E-state index is 12.0. The summed E-state index contributed by atoms with van der Waals surface area (Å²) in [6.07, 6.45) is 6.29. The number of carbonyl (C=O) groups is 1. The highest BCUT2D eigenvalue weighted by molar-refractivity contribution is 7.15. The molecule has 0 atom stereocenters. The van der Waals surface area contributed by atoms with Gasteiger partial charge in [0.2, 0.25) is 0 Å². The van der Waals surface area contributed by atoms with Crippen molar-refractivity contribution in [3.05, 3.63) is 46.2 Å². The summed E-state index contributed by atoms with van der Waals surface area (Å²) >= 11 is 1.50. The van der Waals surface area contributed by atoms with Gasteiger partial charge in [-0.2, -0.15) is 0 Å². The zero-order valence-electron chi connectivity index (χ0n) is 10.8. The summed E-state index contributed by atoms with van der Waals surface area (Å²) in [4.78, 5) is 31.7. The Bertz CT molecular complexity index is 850. The van der Waals surface area contributed by atoms with Crippen molar-refractivity contribution < 1.29 is 9.90 Å². The van der Waals surface area contributed by atoms with Gasteiger partial charge in [0.1, 0.15) is 6.54 Å². The molecule has 21 heavy (non-hydrogen) atoms. The summed E-state index contributed by atoms with van der Waals surface area (Å²) in [6, 6.07) is 0. The number of aliphatic carboxylic acids is 1. The van der Waals surface area contributed by atoms with E-state index in [4.69, 9.17) is 5.11 Å². The van der Waals surface area contributed by atoms with Crippen LogP contribution in [-0.2, 0) is 17.9 Å². The summed E-state index contributed by atoms with van der Waals surface area (Å²) in [6.45, 7) is 0.00986. The van der Waals surface area contributed by atoms with Crippen molar-refractivity contribution in [2.45, 2.75) is 13.1 Å². The molecule has 9 heteroatoms. The van der Waals surface area contributed by atoms with Gasteiger partial charge in [-0.1, -0.05) is 0 Å². The minimum absolute atomic E-state index is 0.123. The number of imidazole rings is 1. The van der Waals surface area contributed by atoms with Gasteiger partial charge in [-0.05, 0) is 0 Å². The Morgan fingerprint density at radius 2 is 2.14 bits per heavy atom. The third-order valence-corrected chi connectivity index (χ3v) is 3.78. The summed E-state index contributed by atoms with van der Waals surface area (Å²) < 4.78 is 3.01. The Hall–Kier alpha value is -2.68. The van der Waals surface area contributed by atoms with E-state index in [1.165, 1.54) is 23.7 Å². The van der Waals surface area contributed by atoms with Crippen LogP contribution in [0.15, 0.2) is 35.0 Å². The molecule has 0 aromatic carbocycles. The number of hydrogen-bond donors (Lipinski definition) is 2. The molecule has 0 bridgehead atoms. The number of nitrogens with zero attached hydrogens (tertiary/aromatic N) is 4. The molecule has 0 amide bonds. The van der Waals surface area contributed by atoms with Crippen molar-refractivity contribution >= 4 is 28.1 Å². The van der Waals surface area contributed by atoms with Crippen LogP contribution in [0.2, 0.25) is 0 Å². The molecule has 0 fully saturated rings. The van der Waals surface area contributed by atoms with E-state index in [9.17, 15) is 9.59 Å². The summed E-state index contributed by atoms with van der Waals surface area (Å²) in [5.41, 5.74) is 0.486. The van der Waals surface area contributed by atoms with Crippen molar-refractivity contribution in [1.82, 2.24) is 18.9 Å². The molecular formula is C12H11N5O3S. The van der Waals surface area contributed by atoms with Gasteiger partial charge < -0.3 is 10.4 Å². The molecule has 0 unspecified atom stereocenters. The quantitative estimate of drug-likeness (QED) is 0.717. The Balaban J connectivity index is 1.81. The van der Waals surface area contributed by atoms with E-state index in [1.54, 1.807) is 6.20 Å². The van der Waals surface area contributed by atoms with E-state index in [0.717, 1.165) is 15.2 Å². The lowest BCUT2D eigenvalue weighted by atomic mass is 10.4. The second-order valence-electron chi connectivity index (χ2n) is 4.26. The predicted molar refractivity (Wildman–Crippen MR) is 76.5 cm³/mol. The minimum Gasteiger partial charge on any atom is -0.480 e. The zero-order chi connectivity index (χ0) is 14.8. The predicted octanol–water partition coefficient (Wildman–Crippen LogP) is 0.649. The van der Waals surface area contributed by atoms with Gasteiger partial charge >= 0.3 is 5.97 Å². The van der Waals surface area contributed by atoms with E-state index in [-0.39, 0.29) is 12.4 Å². The number of hydrogen-bond acceptors (Lipinski definition) is 6. The number of carboxylic acid groups (broad SMARTS) is 1. The molecule has 0 spiro atoms. The largest absolute Gasteiger partial charge is 0.480 e. The van der Waals surface area contributed by atoms with E-state index >= 15 is 0 Å². The SMILES string of the molecule is O=C(O)Cn1ccnc(NCc2csc3nccn23)c1=O. The van der Waals surface area contributed by atoms with Gasteiger partial charge in [0.15, 0.2) is 10.8 Å². The first-order valence-corrected chi connectivity index (χ1v) is 6.93. The lowest BCUT2D eigenvalue weighted by Crippen LogP contribution is -2.27. The van der Waals surface area contributed by atoms with Crippen LogP contribution < -0.4 is 10.9 Å². The van der Waals surface area contributed by atoms with Gasteiger partial charge in [0, 0.05) is 30.2 Å². The average molecular weight is 305 g/mol. The molecule has 8 nitrogen and oxygen atoms in total. The van der Waals surface area contributed by atoms with Crippen molar-refractivity contribution in [1.29, 1.82) is 0 Å². The Morgan fingerprint density at radius 1 is 1.33 bits per heavy atom. The highest BCUT2D eigenvalue weighted by Crippen LogP contribution is 2.14. The second kappa shape index (κ2) is 5.37. The molecule has 0 aliphatic rings. The number of anilines is 1. The normalized spacial score (nSPS) is 10.9. The molecule has 0 aliphatic heterocycles. The van der Waals surface area contributed by atoms with Crippen molar-refractivity contribution in [2.24, 2.45) is 0 Å². The molecule has 3 heterocycles. The smallest absolute Gasteiger partial charge is 0.323 e. The number of thiazole rings is 1. The zero-order valence-corrected chi connectivity index (χ0v) is 11.6. The third kappa shape index (κ3) is 2.63. The third-order valence-electron chi connectivity index (χ3n) is 2.87. The highest BCUT2D eigenvalue weighted by atomic mass is 32.1. The maximum absolute atomic E-state index is 12.0. The van der Waals surface area contributed by atoms with Crippen LogP contribution in [0.5, 0.6) is 0 Å². The fraction of sp³-hybridized carbons (Fsp3) is 0.167. The first-order chi connectivity index (χ1) is 10.1. The second-order valence-corrected chi connectivity index (χ2v) is 5.10. The van der Waals surface area contributed by atoms with E-state index in [2.05, 4.69) is 15.3 Å². The standard InChI is InChI=1S/C12H11N5O3S/c18-9(19)6-16-3-1-13-10(11(16)20)15-5-8-7-21-12-14-2-4-17(8)12/h1-4,7H,5-6H2,(H,13,15)(H,18,19). The molecule has 0 aliphatic carbocycles. The highest BCUT2D eigenvalue weighted by Gasteiger charge is 2.09. The molecule has 108 valence electrons. The molecule has 3 rings (SSSR count). The van der Waals surface area contributed by atoms with E-state index < -0.39 is 11.5 Å². The van der Waals surface area contributed by atoms with Crippen molar-refractivity contribution in [3.8, 4) is 0 Å². The van der Waals surface area contributed by atoms with Crippen LogP contribution in [0, 0.1) is 0 Å². The first kappa shape index (κ1) is 13.3. The van der Waals surface area contributed by atoms with Gasteiger partial charge in [0.25, 0.3) is 5.56 Å². The van der Waals surface area contributed by atoms with Gasteiger partial charge in [-0.3, -0.25) is 18.6 Å². The van der Waals surface area contributed by atoms with Crippen LogP contribution in [-0.4, -0.2) is 30.0 Å². The van der Waals surface area contributed by atoms with Crippen LogP contribution >= 0.6 is 11.3 Å². The number of fused-ring (bicyclic) bond motifs is 1. The van der Waals surface area contributed by atoms with Gasteiger partial charge in [-0.25, -0.2) is 9.97 Å². The Morgan fingerprint density at radius 3 is 2.95 bits per heavy atom. The summed E-state index contributed by atoms with van der Waals surface area (Å²) in [5.74, 6) is -0.953. The van der Waals surface area contributed by atoms with Crippen LogP contribution in [0.1, 0.15) is 5.69 Å². The molecule has 0 saturated heterocycles. The van der Waals surface area contributed by atoms with Crippen molar-refractivity contribution in [2.75, 3.05) is 5.32 Å². The lowest BCUT2D eigenvalue weighted by molar-refractivity contribution is -0.137. The van der Waals surface area contributed by atoms with Gasteiger partial charge in [0.05, 0.1) is 12.2 Å².